The van der Waals surface area contributed by atoms with E-state index in [1.807, 2.05) is 13.8 Å². The molecule has 2 heteroatoms. The lowest BCUT2D eigenvalue weighted by molar-refractivity contribution is 0.0804. The maximum atomic E-state index is 9.17. The van der Waals surface area contributed by atoms with Crippen molar-refractivity contribution in [2.45, 2.75) is 46.3 Å². The largest absolute Gasteiger partial charge is 0.393 e. The average molecular weight is 160 g/mol. The van der Waals surface area contributed by atoms with E-state index in [1.165, 1.54) is 0 Å². The quantitative estimate of drug-likeness (QED) is 0.653. The van der Waals surface area contributed by atoms with Gasteiger partial charge in [-0.1, -0.05) is 13.8 Å². The van der Waals surface area contributed by atoms with Crippen LogP contribution in [-0.4, -0.2) is 22.4 Å². The Hall–Kier alpha value is -0.0800. The van der Waals surface area contributed by atoms with Gasteiger partial charge in [-0.2, -0.15) is 0 Å². The molecule has 0 rings (SSSR count). The summed E-state index contributed by atoms with van der Waals surface area (Å²) in [4.78, 5) is 0. The monoisotopic (exact) mass is 160 g/mol. The van der Waals surface area contributed by atoms with E-state index in [0.29, 0.717) is 0 Å². The van der Waals surface area contributed by atoms with E-state index in [-0.39, 0.29) is 24.0 Å². The zero-order chi connectivity index (χ0) is 9.02. The fourth-order valence-corrected chi connectivity index (χ4v) is 0.980. The van der Waals surface area contributed by atoms with Crippen LogP contribution in [0.1, 0.15) is 34.1 Å². The molecule has 0 aromatic rings. The van der Waals surface area contributed by atoms with Crippen LogP contribution in [0.3, 0.4) is 0 Å². The van der Waals surface area contributed by atoms with E-state index in [4.69, 9.17) is 10.2 Å². The average Bonchev–Trinajstić information content (AvgIpc) is 1.87. The molecule has 11 heavy (non-hydrogen) atoms. The molecule has 0 amide bonds. The maximum Gasteiger partial charge on any atom is 0.0537 e. The van der Waals surface area contributed by atoms with Crippen molar-refractivity contribution in [3.05, 3.63) is 0 Å². The highest BCUT2D eigenvalue weighted by Crippen LogP contribution is 2.17. The van der Waals surface area contributed by atoms with E-state index >= 15 is 0 Å². The number of aliphatic hydroxyl groups is 2. The van der Waals surface area contributed by atoms with Crippen LogP contribution in [0.4, 0.5) is 0 Å². The SMILES string of the molecule is CC(O)C(C)CC(C)C(C)O. The molecule has 0 saturated heterocycles. The van der Waals surface area contributed by atoms with E-state index in [9.17, 15) is 0 Å². The number of aliphatic hydroxyl groups excluding tert-OH is 2. The van der Waals surface area contributed by atoms with Crippen LogP contribution in [-0.2, 0) is 0 Å². The first-order valence-corrected chi connectivity index (χ1v) is 4.31. The molecule has 68 valence electrons. The van der Waals surface area contributed by atoms with Crippen molar-refractivity contribution < 1.29 is 10.2 Å². The Balaban J connectivity index is 3.66. The first-order valence-electron chi connectivity index (χ1n) is 4.31. The second-order valence-electron chi connectivity index (χ2n) is 3.67. The first-order chi connectivity index (χ1) is 4.95. The van der Waals surface area contributed by atoms with Crippen molar-refractivity contribution in [1.82, 2.24) is 0 Å². The normalized spacial score (nSPS) is 22.4. The highest BCUT2D eigenvalue weighted by atomic mass is 16.3. The molecule has 0 aromatic carbocycles. The summed E-state index contributed by atoms with van der Waals surface area (Å²) in [7, 11) is 0. The highest BCUT2D eigenvalue weighted by molar-refractivity contribution is 4.66. The molecule has 0 aliphatic rings. The summed E-state index contributed by atoms with van der Waals surface area (Å²) in [5.41, 5.74) is 0. The van der Waals surface area contributed by atoms with Crippen molar-refractivity contribution in [2.75, 3.05) is 0 Å². The molecule has 2 nitrogen and oxygen atoms in total. The molecule has 0 bridgehead atoms. The molecule has 0 fully saturated rings. The maximum absolute atomic E-state index is 9.17. The molecule has 0 heterocycles. The van der Waals surface area contributed by atoms with Crippen LogP contribution in [0, 0.1) is 11.8 Å². The lowest BCUT2D eigenvalue weighted by atomic mass is 9.91. The van der Waals surface area contributed by atoms with Crippen LogP contribution >= 0.6 is 0 Å². The molecule has 4 atom stereocenters. The minimum Gasteiger partial charge on any atom is -0.393 e. The molecule has 0 radical (unpaired) electrons. The minimum atomic E-state index is -0.267. The summed E-state index contributed by atoms with van der Waals surface area (Å²) in [5, 5.41) is 18.3. The standard InChI is InChI=1S/C9H20O2/c1-6(8(3)10)5-7(2)9(4)11/h6-11H,5H2,1-4H3. The molecule has 0 saturated carbocycles. The zero-order valence-electron chi connectivity index (χ0n) is 7.91. The molecule has 4 unspecified atom stereocenters. The zero-order valence-corrected chi connectivity index (χ0v) is 7.91. The minimum absolute atomic E-state index is 0.267. The summed E-state index contributed by atoms with van der Waals surface area (Å²) in [6.07, 6.45) is 0.349. The second kappa shape index (κ2) is 4.73. The molecular weight excluding hydrogens is 140 g/mol. The first kappa shape index (κ1) is 10.9. The number of rotatable bonds is 4. The van der Waals surface area contributed by atoms with Gasteiger partial charge >= 0.3 is 0 Å². The molecule has 0 aliphatic heterocycles. The van der Waals surface area contributed by atoms with E-state index in [0.717, 1.165) is 6.42 Å². The van der Waals surface area contributed by atoms with Crippen molar-refractivity contribution in [1.29, 1.82) is 0 Å². The Morgan fingerprint density at radius 3 is 1.27 bits per heavy atom. The third-order valence-electron chi connectivity index (χ3n) is 2.39. The Morgan fingerprint density at radius 2 is 1.09 bits per heavy atom. The van der Waals surface area contributed by atoms with Crippen LogP contribution < -0.4 is 0 Å². The van der Waals surface area contributed by atoms with Crippen molar-refractivity contribution in [3.63, 3.8) is 0 Å². The third-order valence-corrected chi connectivity index (χ3v) is 2.39. The summed E-state index contributed by atoms with van der Waals surface area (Å²) in [6, 6.07) is 0. The van der Waals surface area contributed by atoms with Crippen LogP contribution in [0.5, 0.6) is 0 Å². The van der Waals surface area contributed by atoms with E-state index < -0.39 is 0 Å². The van der Waals surface area contributed by atoms with E-state index in [1.54, 1.807) is 13.8 Å². The molecule has 2 N–H and O–H groups in total. The Kier molecular flexibility index (Phi) is 4.69. The van der Waals surface area contributed by atoms with Gasteiger partial charge in [0, 0.05) is 0 Å². The lowest BCUT2D eigenvalue weighted by Crippen LogP contribution is -2.21. The Bertz CT molecular complexity index is 87.7. The fraction of sp³-hybridized carbons (Fsp3) is 1.00. The van der Waals surface area contributed by atoms with Gasteiger partial charge in [0.05, 0.1) is 12.2 Å². The second-order valence-corrected chi connectivity index (χ2v) is 3.67. The van der Waals surface area contributed by atoms with Crippen molar-refractivity contribution >= 4 is 0 Å². The van der Waals surface area contributed by atoms with Gasteiger partial charge < -0.3 is 10.2 Å². The van der Waals surface area contributed by atoms with E-state index in [2.05, 4.69) is 0 Å². The highest BCUT2D eigenvalue weighted by Gasteiger charge is 2.16. The van der Waals surface area contributed by atoms with Crippen molar-refractivity contribution in [3.8, 4) is 0 Å². The van der Waals surface area contributed by atoms with Gasteiger partial charge in [0.1, 0.15) is 0 Å². The molecule has 0 aromatic heterocycles. The van der Waals surface area contributed by atoms with Gasteiger partial charge in [-0.25, -0.2) is 0 Å². The van der Waals surface area contributed by atoms with Crippen molar-refractivity contribution in [2.24, 2.45) is 11.8 Å². The smallest absolute Gasteiger partial charge is 0.0537 e. The van der Waals surface area contributed by atoms with Crippen LogP contribution in [0.15, 0.2) is 0 Å². The van der Waals surface area contributed by atoms with Crippen LogP contribution in [0.25, 0.3) is 0 Å². The fourth-order valence-electron chi connectivity index (χ4n) is 0.980. The van der Waals surface area contributed by atoms with Gasteiger partial charge in [-0.15, -0.1) is 0 Å². The van der Waals surface area contributed by atoms with Gasteiger partial charge in [-0.3, -0.25) is 0 Å². The van der Waals surface area contributed by atoms with Crippen LogP contribution in [0.2, 0.25) is 0 Å². The topological polar surface area (TPSA) is 40.5 Å². The summed E-state index contributed by atoms with van der Waals surface area (Å²) in [6.45, 7) is 7.59. The predicted molar refractivity (Wildman–Crippen MR) is 46.3 cm³/mol. The Morgan fingerprint density at radius 1 is 0.818 bits per heavy atom. The number of hydrogen-bond acceptors (Lipinski definition) is 2. The summed E-state index contributed by atoms with van der Waals surface area (Å²) in [5.74, 6) is 0.555. The molecule has 0 aliphatic carbocycles. The number of hydrogen-bond donors (Lipinski definition) is 2. The predicted octanol–water partition coefficient (Wildman–Crippen LogP) is 1.41. The van der Waals surface area contributed by atoms with Gasteiger partial charge in [0.15, 0.2) is 0 Å². The lowest BCUT2D eigenvalue weighted by Gasteiger charge is -2.21. The third kappa shape index (κ3) is 4.38. The molecular formula is C9H20O2. The summed E-state index contributed by atoms with van der Waals surface area (Å²) < 4.78 is 0. The summed E-state index contributed by atoms with van der Waals surface area (Å²) >= 11 is 0. The Labute approximate surface area is 69.2 Å². The van der Waals surface area contributed by atoms with Gasteiger partial charge in [0.2, 0.25) is 0 Å². The van der Waals surface area contributed by atoms with Gasteiger partial charge in [-0.05, 0) is 32.1 Å². The molecule has 0 spiro atoms. The van der Waals surface area contributed by atoms with Gasteiger partial charge in [0.25, 0.3) is 0 Å².